The van der Waals surface area contributed by atoms with Crippen molar-refractivity contribution in [1.29, 1.82) is 0 Å². The van der Waals surface area contributed by atoms with Gasteiger partial charge in [-0.2, -0.15) is 0 Å². The van der Waals surface area contributed by atoms with E-state index in [-0.39, 0.29) is 6.04 Å². The van der Waals surface area contributed by atoms with E-state index in [1.165, 1.54) is 15.6 Å². The Kier molecular flexibility index (Phi) is 6.39. The van der Waals surface area contributed by atoms with E-state index in [1.807, 2.05) is 6.92 Å². The Bertz CT molecular complexity index is 315. The number of hydrogen-bond donors (Lipinski definition) is 1. The van der Waals surface area contributed by atoms with Crippen LogP contribution in [0.4, 0.5) is 0 Å². The molecule has 0 saturated carbocycles. The Morgan fingerprint density at radius 1 is 1.38 bits per heavy atom. The SMILES string of the molecule is CCCC[O][Sn]([CH3])[c]1ccccc1C(C)N. The number of benzene rings is 1. The summed E-state index contributed by atoms with van der Waals surface area (Å²) < 4.78 is 7.41. The zero-order valence-electron chi connectivity index (χ0n) is 10.5. The first-order valence-corrected chi connectivity index (χ1v) is 11.4. The topological polar surface area (TPSA) is 35.2 Å². The van der Waals surface area contributed by atoms with Crippen molar-refractivity contribution in [1.82, 2.24) is 0 Å². The first-order valence-electron chi connectivity index (χ1n) is 5.98. The second-order valence-corrected chi connectivity index (χ2v) is 9.67. The van der Waals surface area contributed by atoms with Crippen molar-refractivity contribution in [3.8, 4) is 0 Å². The zero-order valence-corrected chi connectivity index (χ0v) is 13.3. The van der Waals surface area contributed by atoms with Gasteiger partial charge in [0.25, 0.3) is 0 Å². The van der Waals surface area contributed by atoms with Crippen LogP contribution in [0.5, 0.6) is 0 Å². The second kappa shape index (κ2) is 7.30. The van der Waals surface area contributed by atoms with Crippen LogP contribution in [-0.2, 0) is 3.07 Å². The van der Waals surface area contributed by atoms with Gasteiger partial charge < -0.3 is 0 Å². The fraction of sp³-hybridized carbons (Fsp3) is 0.538. The molecule has 0 bridgehead atoms. The summed E-state index contributed by atoms with van der Waals surface area (Å²) in [6.45, 7) is 5.15. The predicted octanol–water partition coefficient (Wildman–Crippen LogP) is 2.35. The van der Waals surface area contributed by atoms with Gasteiger partial charge in [0.2, 0.25) is 0 Å². The molecule has 0 spiro atoms. The summed E-state index contributed by atoms with van der Waals surface area (Å²) in [7, 11) is 0. The Balaban J connectivity index is 2.70. The van der Waals surface area contributed by atoms with E-state index in [2.05, 4.69) is 36.1 Å². The minimum absolute atomic E-state index is 0.113. The molecule has 1 aromatic carbocycles. The standard InChI is InChI=1S/C8H10N.C4H9O.CH3.Sn/c1-7(9)8-5-3-2-4-6-8;1-2-3-4-5;;/h2-5,7H,9H2,1H3;2-4H2,1H3;1H3;/q;-1;;+1. The van der Waals surface area contributed by atoms with Gasteiger partial charge in [0, 0.05) is 0 Å². The van der Waals surface area contributed by atoms with E-state index in [1.54, 1.807) is 0 Å². The van der Waals surface area contributed by atoms with E-state index in [4.69, 9.17) is 8.81 Å². The summed E-state index contributed by atoms with van der Waals surface area (Å²) in [5.41, 5.74) is 7.26. The number of rotatable bonds is 6. The van der Waals surface area contributed by atoms with Gasteiger partial charge in [-0.15, -0.1) is 0 Å². The molecular formula is C13H22NOSn. The van der Waals surface area contributed by atoms with Gasteiger partial charge in [0.05, 0.1) is 0 Å². The number of unbranched alkanes of at least 4 members (excludes halogenated alkanes) is 1. The third-order valence-electron chi connectivity index (χ3n) is 2.65. The Morgan fingerprint density at radius 2 is 2.06 bits per heavy atom. The number of nitrogens with two attached hydrogens (primary N) is 1. The molecule has 0 aromatic heterocycles. The molecule has 1 atom stereocenters. The van der Waals surface area contributed by atoms with Crippen LogP contribution >= 0.6 is 0 Å². The van der Waals surface area contributed by atoms with Crippen LogP contribution in [0.3, 0.4) is 0 Å². The zero-order chi connectivity index (χ0) is 12.0. The van der Waals surface area contributed by atoms with Gasteiger partial charge in [0.1, 0.15) is 0 Å². The first kappa shape index (κ1) is 14.0. The molecule has 2 N–H and O–H groups in total. The fourth-order valence-corrected chi connectivity index (χ4v) is 6.38. The Hall–Kier alpha value is -0.0613. The minimum atomic E-state index is -1.85. The summed E-state index contributed by atoms with van der Waals surface area (Å²) in [5.74, 6) is 0. The molecular weight excluding hydrogens is 305 g/mol. The van der Waals surface area contributed by atoms with E-state index in [0.717, 1.165) is 13.0 Å². The molecule has 0 heterocycles. The van der Waals surface area contributed by atoms with E-state index in [9.17, 15) is 0 Å². The van der Waals surface area contributed by atoms with Crippen molar-refractivity contribution < 1.29 is 3.07 Å². The molecule has 2 nitrogen and oxygen atoms in total. The molecule has 89 valence electrons. The summed E-state index contributed by atoms with van der Waals surface area (Å²) >= 11 is -1.85. The average Bonchev–Trinajstić information content (AvgIpc) is 2.29. The fourth-order valence-electron chi connectivity index (χ4n) is 1.66. The van der Waals surface area contributed by atoms with Crippen LogP contribution in [0.15, 0.2) is 24.3 Å². The van der Waals surface area contributed by atoms with Crippen LogP contribution < -0.4 is 9.31 Å². The van der Waals surface area contributed by atoms with Crippen molar-refractivity contribution in [2.24, 2.45) is 5.73 Å². The quantitative estimate of drug-likeness (QED) is 0.643. The van der Waals surface area contributed by atoms with Gasteiger partial charge >= 0.3 is 107 Å². The Morgan fingerprint density at radius 3 is 2.69 bits per heavy atom. The van der Waals surface area contributed by atoms with Gasteiger partial charge in [-0.1, -0.05) is 0 Å². The molecule has 0 aliphatic carbocycles. The molecule has 1 radical (unpaired) electrons. The van der Waals surface area contributed by atoms with Crippen molar-refractivity contribution in [3.63, 3.8) is 0 Å². The van der Waals surface area contributed by atoms with Crippen LogP contribution in [-0.4, -0.2) is 26.8 Å². The van der Waals surface area contributed by atoms with Crippen LogP contribution in [0.25, 0.3) is 0 Å². The van der Waals surface area contributed by atoms with Crippen molar-refractivity contribution >= 4 is 23.8 Å². The van der Waals surface area contributed by atoms with E-state index < -0.39 is 20.2 Å². The molecule has 0 fully saturated rings. The van der Waals surface area contributed by atoms with Crippen molar-refractivity contribution in [2.75, 3.05) is 6.61 Å². The third-order valence-corrected chi connectivity index (χ3v) is 7.93. The maximum atomic E-state index is 6.00. The van der Waals surface area contributed by atoms with Gasteiger partial charge in [-0.25, -0.2) is 0 Å². The van der Waals surface area contributed by atoms with Gasteiger partial charge in [-0.3, -0.25) is 0 Å². The third kappa shape index (κ3) is 4.07. The molecule has 3 heteroatoms. The summed E-state index contributed by atoms with van der Waals surface area (Å²) in [6, 6.07) is 8.59. The maximum absolute atomic E-state index is 6.00. The van der Waals surface area contributed by atoms with Crippen LogP contribution in [0.1, 0.15) is 38.3 Å². The average molecular weight is 327 g/mol. The van der Waals surface area contributed by atoms with Crippen LogP contribution in [0.2, 0.25) is 4.94 Å². The van der Waals surface area contributed by atoms with Crippen molar-refractivity contribution in [3.05, 3.63) is 29.8 Å². The van der Waals surface area contributed by atoms with Gasteiger partial charge in [0.15, 0.2) is 0 Å². The molecule has 0 amide bonds. The molecule has 0 saturated heterocycles. The molecule has 1 unspecified atom stereocenters. The molecule has 0 aliphatic rings. The monoisotopic (exact) mass is 328 g/mol. The predicted molar refractivity (Wildman–Crippen MR) is 71.2 cm³/mol. The molecule has 1 aromatic rings. The summed E-state index contributed by atoms with van der Waals surface area (Å²) in [5, 5.41) is 0. The molecule has 0 aliphatic heterocycles. The second-order valence-electron chi connectivity index (χ2n) is 4.13. The first-order chi connectivity index (χ1) is 7.66. The molecule has 16 heavy (non-hydrogen) atoms. The van der Waals surface area contributed by atoms with Crippen molar-refractivity contribution in [2.45, 2.75) is 37.7 Å². The van der Waals surface area contributed by atoms with Crippen LogP contribution in [0, 0.1) is 0 Å². The summed E-state index contributed by atoms with van der Waals surface area (Å²) in [4.78, 5) is 2.29. The van der Waals surface area contributed by atoms with E-state index in [0.29, 0.717) is 0 Å². The normalized spacial score (nSPS) is 13.1. The van der Waals surface area contributed by atoms with E-state index >= 15 is 0 Å². The number of hydrogen-bond acceptors (Lipinski definition) is 2. The summed E-state index contributed by atoms with van der Waals surface area (Å²) in [6.07, 6.45) is 2.36. The van der Waals surface area contributed by atoms with Gasteiger partial charge in [-0.05, 0) is 0 Å². The Labute approximate surface area is 106 Å². The molecule has 1 rings (SSSR count).